The van der Waals surface area contributed by atoms with Crippen LogP contribution in [0.3, 0.4) is 0 Å². The van der Waals surface area contributed by atoms with Gasteiger partial charge >= 0.3 is 6.09 Å². The molecule has 0 radical (unpaired) electrons. The monoisotopic (exact) mass is 809 g/mol. The van der Waals surface area contributed by atoms with E-state index in [2.05, 4.69) is 15.3 Å². The molecule has 17 nitrogen and oxygen atoms in total. The van der Waals surface area contributed by atoms with Crippen molar-refractivity contribution in [1.82, 2.24) is 24.5 Å². The Kier molecular flexibility index (Phi) is 10.7. The number of benzene rings is 2. The van der Waals surface area contributed by atoms with Gasteiger partial charge in [-0.25, -0.2) is 13.2 Å². The second-order valence-corrected chi connectivity index (χ2v) is 17.5. The number of ether oxygens (including phenoxy) is 7. The van der Waals surface area contributed by atoms with Crippen LogP contribution in [0.5, 0.6) is 17.2 Å². The summed E-state index contributed by atoms with van der Waals surface area (Å²) >= 11 is 0. The van der Waals surface area contributed by atoms with Gasteiger partial charge in [0, 0.05) is 19.2 Å². The van der Waals surface area contributed by atoms with Crippen LogP contribution in [0.4, 0.5) is 4.79 Å². The summed E-state index contributed by atoms with van der Waals surface area (Å²) in [5.41, 5.74) is 1.01. The summed E-state index contributed by atoms with van der Waals surface area (Å²) in [5, 5.41) is 7.97. The van der Waals surface area contributed by atoms with Gasteiger partial charge in [-0.2, -0.15) is 9.29 Å². The topological polar surface area (TPSA) is 187 Å². The van der Waals surface area contributed by atoms with Crippen LogP contribution in [0.25, 0.3) is 11.5 Å². The Labute approximate surface area is 330 Å². The molecule has 306 valence electrons. The molecule has 5 atom stereocenters. The van der Waals surface area contributed by atoms with Crippen LogP contribution in [0.2, 0.25) is 0 Å². The van der Waals surface area contributed by atoms with Crippen LogP contribution >= 0.6 is 0 Å². The zero-order valence-electron chi connectivity index (χ0n) is 32.7. The second kappa shape index (κ2) is 15.5. The molecule has 0 N–H and O–H groups in total. The van der Waals surface area contributed by atoms with Crippen LogP contribution < -0.4 is 14.2 Å². The van der Waals surface area contributed by atoms with Gasteiger partial charge in [0.25, 0.3) is 5.89 Å². The highest BCUT2D eigenvalue weighted by Gasteiger charge is 2.53. The fourth-order valence-corrected chi connectivity index (χ4v) is 9.55. The Bertz CT molecular complexity index is 2170. The van der Waals surface area contributed by atoms with Gasteiger partial charge in [-0.05, 0) is 76.3 Å². The summed E-state index contributed by atoms with van der Waals surface area (Å²) in [6.07, 6.45) is -1.15. The molecule has 4 aromatic rings. The molecule has 2 aromatic carbocycles. The van der Waals surface area contributed by atoms with Crippen LogP contribution in [-0.4, -0.2) is 102 Å². The molecule has 0 spiro atoms. The number of aryl methyl sites for hydroxylation is 2. The second-order valence-electron chi connectivity index (χ2n) is 15.6. The van der Waals surface area contributed by atoms with E-state index in [1.54, 1.807) is 38.7 Å². The Balaban J connectivity index is 1.03. The average molecular weight is 810 g/mol. The first-order chi connectivity index (χ1) is 27.3. The molecule has 0 saturated carbocycles. The number of hydrogen-bond donors (Lipinski definition) is 0. The number of amides is 1. The van der Waals surface area contributed by atoms with Gasteiger partial charge in [0.2, 0.25) is 22.6 Å². The number of carbonyl (C=O) groups excluding carboxylic acids is 1. The van der Waals surface area contributed by atoms with Crippen molar-refractivity contribution in [3.8, 4) is 28.7 Å². The first-order valence-corrected chi connectivity index (χ1v) is 20.5. The third kappa shape index (κ3) is 7.92. The highest BCUT2D eigenvalue weighted by Crippen LogP contribution is 2.40. The van der Waals surface area contributed by atoms with E-state index >= 15 is 0 Å². The van der Waals surface area contributed by atoms with Gasteiger partial charge in [-0.15, -0.1) is 0 Å². The molecule has 18 heteroatoms. The number of carbonyl (C=O) groups is 1. The third-order valence-corrected chi connectivity index (χ3v) is 12.4. The molecule has 3 fully saturated rings. The average Bonchev–Trinajstić information content (AvgIpc) is 4.02. The zero-order chi connectivity index (χ0) is 40.1. The molecule has 4 aliphatic rings. The lowest BCUT2D eigenvalue weighted by molar-refractivity contribution is -0.0911. The molecular formula is C39H47N5O12S. The molecule has 3 saturated heterocycles. The highest BCUT2D eigenvalue weighted by atomic mass is 32.2. The minimum Gasteiger partial charge on any atom is -0.485 e. The number of hydrogen-bond acceptors (Lipinski definition) is 15. The summed E-state index contributed by atoms with van der Waals surface area (Å²) in [6.45, 7) is 12.1. The van der Waals surface area contributed by atoms with E-state index in [0.29, 0.717) is 59.0 Å². The van der Waals surface area contributed by atoms with Crippen molar-refractivity contribution in [3.05, 3.63) is 65.3 Å². The number of rotatable bonds is 13. The quantitative estimate of drug-likeness (QED) is 0.170. The fraction of sp³-hybridized carbons (Fsp3) is 0.538. The van der Waals surface area contributed by atoms with E-state index in [9.17, 15) is 13.2 Å². The number of aromatic nitrogens is 3. The van der Waals surface area contributed by atoms with Gasteiger partial charge in [0.15, 0.2) is 24.4 Å². The van der Waals surface area contributed by atoms with E-state index in [1.807, 2.05) is 38.1 Å². The summed E-state index contributed by atoms with van der Waals surface area (Å²) < 4.78 is 81.8. The lowest BCUT2D eigenvalue weighted by Gasteiger charge is -2.34. The normalized spacial score (nSPS) is 23.8. The molecule has 2 aromatic heterocycles. The number of fused-ring (bicyclic) bond motifs is 2. The van der Waals surface area contributed by atoms with Crippen LogP contribution in [0, 0.1) is 25.7 Å². The smallest absolute Gasteiger partial charge is 0.412 e. The fourth-order valence-electron chi connectivity index (χ4n) is 7.92. The van der Waals surface area contributed by atoms with Crippen LogP contribution in [-0.2, 0) is 42.0 Å². The third-order valence-electron chi connectivity index (χ3n) is 10.6. The van der Waals surface area contributed by atoms with Gasteiger partial charge < -0.3 is 42.2 Å². The first-order valence-electron chi connectivity index (χ1n) is 19.0. The van der Waals surface area contributed by atoms with Crippen molar-refractivity contribution >= 4 is 16.1 Å². The lowest BCUT2D eigenvalue weighted by atomic mass is 9.99. The first kappa shape index (κ1) is 39.1. The van der Waals surface area contributed by atoms with Crippen LogP contribution in [0.15, 0.2) is 56.4 Å². The summed E-state index contributed by atoms with van der Waals surface area (Å²) in [4.78, 5) is 20.4. The molecular weight excluding hydrogens is 763 g/mol. The van der Waals surface area contributed by atoms with Gasteiger partial charge in [0.05, 0.1) is 41.9 Å². The maximum atomic E-state index is 14.3. The van der Waals surface area contributed by atoms with E-state index in [-0.39, 0.29) is 49.8 Å². The van der Waals surface area contributed by atoms with Crippen molar-refractivity contribution < 1.29 is 55.4 Å². The number of sulfonamides is 1. The molecule has 8 rings (SSSR count). The predicted octanol–water partition coefficient (Wildman–Crippen LogP) is 5.24. The van der Waals surface area contributed by atoms with Gasteiger partial charge in [-0.3, -0.25) is 4.90 Å². The van der Waals surface area contributed by atoms with Crippen molar-refractivity contribution in [3.63, 3.8) is 0 Å². The van der Waals surface area contributed by atoms with Crippen molar-refractivity contribution in [2.75, 3.05) is 33.1 Å². The molecule has 1 amide bonds. The van der Waals surface area contributed by atoms with Crippen LogP contribution in [0.1, 0.15) is 57.0 Å². The summed E-state index contributed by atoms with van der Waals surface area (Å²) in [5.74, 6) is 2.55. The zero-order valence-corrected chi connectivity index (χ0v) is 33.5. The van der Waals surface area contributed by atoms with E-state index in [4.69, 9.17) is 42.2 Å². The van der Waals surface area contributed by atoms with Gasteiger partial charge in [-0.1, -0.05) is 36.3 Å². The van der Waals surface area contributed by atoms with E-state index in [0.717, 1.165) is 12.0 Å². The Morgan fingerprint density at radius 2 is 1.82 bits per heavy atom. The lowest BCUT2D eigenvalue weighted by Crippen LogP contribution is -2.51. The molecule has 2 unspecified atom stereocenters. The summed E-state index contributed by atoms with van der Waals surface area (Å²) in [6, 6.07) is 11.4. The minimum atomic E-state index is -4.04. The Morgan fingerprint density at radius 1 is 1.04 bits per heavy atom. The van der Waals surface area contributed by atoms with Crippen molar-refractivity contribution in [1.29, 1.82) is 0 Å². The molecule has 57 heavy (non-hydrogen) atoms. The molecule has 6 heterocycles. The maximum absolute atomic E-state index is 14.3. The maximum Gasteiger partial charge on any atom is 0.412 e. The molecule has 0 bridgehead atoms. The molecule has 0 aliphatic carbocycles. The van der Waals surface area contributed by atoms with Crippen molar-refractivity contribution in [2.45, 2.75) is 96.2 Å². The Morgan fingerprint density at radius 3 is 2.58 bits per heavy atom. The van der Waals surface area contributed by atoms with Crippen molar-refractivity contribution in [2.24, 2.45) is 11.8 Å². The van der Waals surface area contributed by atoms with E-state index in [1.165, 1.54) is 16.4 Å². The highest BCUT2D eigenvalue weighted by molar-refractivity contribution is 7.89. The molecule has 4 aliphatic heterocycles. The summed E-state index contributed by atoms with van der Waals surface area (Å²) in [7, 11) is -4.04. The Hall–Kier alpha value is -4.75. The standard InChI is InChI=1S/C39H47N5O12S/c1-22(2)17-43(57(46,47)27-11-12-30-31(16-27)52-21-51-30)18-32-29(44(39(5,6)54-32)38(45)53-33-19-50-37-28(33)13-14-48-37)15-25-7-9-26(10-8-25)49-20-34-40-36(56-42-34)35-23(3)41-55-24(35)4/h7-12,16,22,28-29,32-33,37H,13-15,17-21H2,1-6H3/t28-,29?,32+,33?,37+/m1/s1. The number of nitrogens with zero attached hydrogens (tertiary/aromatic N) is 5. The predicted molar refractivity (Wildman–Crippen MR) is 199 cm³/mol. The largest absolute Gasteiger partial charge is 0.485 e. The van der Waals surface area contributed by atoms with Gasteiger partial charge in [0.1, 0.15) is 28.9 Å². The van der Waals surface area contributed by atoms with E-state index < -0.39 is 46.4 Å². The minimum absolute atomic E-state index is 0.0193. The SMILES string of the molecule is Cc1noc(C)c1-c1nc(COc2ccc(CC3[C@H](CN(CC(C)C)S(=O)(=O)c4ccc5c(c4)OCO5)OC(C)(C)N3C(=O)OC3CO[C@@H]4OCC[C@H]34)cc2)no1.